The van der Waals surface area contributed by atoms with Crippen LogP contribution in [0, 0.1) is 0 Å². The molecule has 1 aliphatic heterocycles. The highest BCUT2D eigenvalue weighted by molar-refractivity contribution is 8.00. The maximum absolute atomic E-state index is 14.1. The Morgan fingerprint density at radius 1 is 0.972 bits per heavy atom. The Bertz CT molecular complexity index is 1450. The lowest BCUT2D eigenvalue weighted by Gasteiger charge is -2.31. The summed E-state index contributed by atoms with van der Waals surface area (Å²) in [6.45, 7) is 0.264. The molecule has 0 aliphatic carbocycles. The largest absolute Gasteiger partial charge is 0.496 e. The molecule has 0 unspecified atom stereocenters. The zero-order valence-corrected chi connectivity index (χ0v) is 21.2. The minimum absolute atomic E-state index is 0.165. The second-order valence-electron chi connectivity index (χ2n) is 8.45. The van der Waals surface area contributed by atoms with Crippen LogP contribution >= 0.6 is 11.8 Å². The summed E-state index contributed by atoms with van der Waals surface area (Å²) in [5.74, 6) is 0.980. The van der Waals surface area contributed by atoms with E-state index in [9.17, 15) is 9.59 Å². The lowest BCUT2D eigenvalue weighted by molar-refractivity contribution is -0.125. The Balaban J connectivity index is 1.66. The molecule has 1 N–H and O–H groups in total. The molecule has 0 saturated carbocycles. The summed E-state index contributed by atoms with van der Waals surface area (Å²) in [6.07, 6.45) is 0. The third kappa shape index (κ3) is 4.07. The van der Waals surface area contributed by atoms with Gasteiger partial charge in [0.05, 0.1) is 30.7 Å². The van der Waals surface area contributed by atoms with Gasteiger partial charge in [-0.1, -0.05) is 60.3 Å². The van der Waals surface area contributed by atoms with Gasteiger partial charge in [-0.2, -0.15) is 0 Å². The van der Waals surface area contributed by atoms with E-state index in [1.165, 1.54) is 11.8 Å². The van der Waals surface area contributed by atoms with Gasteiger partial charge in [-0.3, -0.25) is 14.5 Å². The van der Waals surface area contributed by atoms with Gasteiger partial charge in [-0.15, -0.1) is 0 Å². The Morgan fingerprint density at radius 3 is 2.42 bits per heavy atom. The van der Waals surface area contributed by atoms with Crippen molar-refractivity contribution in [3.63, 3.8) is 0 Å². The number of ether oxygens (including phenoxy) is 2. The highest BCUT2D eigenvalue weighted by Gasteiger charge is 2.40. The molecule has 1 atom stereocenters. The molecule has 7 nitrogen and oxygen atoms in total. The predicted octanol–water partition coefficient (Wildman–Crippen LogP) is 4.69. The number of aryl methyl sites for hydroxylation is 1. The summed E-state index contributed by atoms with van der Waals surface area (Å²) in [5.41, 5.74) is 3.23. The summed E-state index contributed by atoms with van der Waals surface area (Å²) in [4.78, 5) is 29.3. The van der Waals surface area contributed by atoms with Crippen LogP contribution < -0.4 is 19.7 Å². The fourth-order valence-electron chi connectivity index (χ4n) is 4.79. The molecule has 2 heterocycles. The number of benzene rings is 3. The van der Waals surface area contributed by atoms with E-state index in [0.29, 0.717) is 17.2 Å². The van der Waals surface area contributed by atoms with Gasteiger partial charge in [-0.25, -0.2) is 0 Å². The number of anilines is 1. The van der Waals surface area contributed by atoms with E-state index in [0.717, 1.165) is 27.1 Å². The van der Waals surface area contributed by atoms with E-state index in [1.54, 1.807) is 25.2 Å². The van der Waals surface area contributed by atoms with Crippen molar-refractivity contribution in [2.24, 2.45) is 7.05 Å². The number of nitrogens with one attached hydrogen (secondary N) is 1. The Hall–Kier alpha value is -3.91. The van der Waals surface area contributed by atoms with Gasteiger partial charge in [0, 0.05) is 35.6 Å². The van der Waals surface area contributed by atoms with Crippen molar-refractivity contribution in [1.82, 2.24) is 9.88 Å². The van der Waals surface area contributed by atoms with Gasteiger partial charge >= 0.3 is 0 Å². The topological polar surface area (TPSA) is 72.8 Å². The zero-order chi connectivity index (χ0) is 25.2. The number of rotatable bonds is 6. The van der Waals surface area contributed by atoms with Crippen LogP contribution in [0.1, 0.15) is 17.2 Å². The van der Waals surface area contributed by atoms with Gasteiger partial charge in [-0.05, 0) is 24.3 Å². The summed E-state index contributed by atoms with van der Waals surface area (Å²) < 4.78 is 13.1. The van der Waals surface area contributed by atoms with Crippen LogP contribution in [-0.4, -0.2) is 36.4 Å². The molecular formula is C28H27N3O4S. The smallest absolute Gasteiger partial charge is 0.248 e. The van der Waals surface area contributed by atoms with E-state index < -0.39 is 6.04 Å². The van der Waals surface area contributed by atoms with Crippen molar-refractivity contribution < 1.29 is 19.1 Å². The molecule has 36 heavy (non-hydrogen) atoms. The van der Waals surface area contributed by atoms with Gasteiger partial charge in [0.15, 0.2) is 0 Å². The van der Waals surface area contributed by atoms with Crippen LogP contribution in [0.4, 0.5) is 5.69 Å². The number of carbonyl (C=O) groups excluding carboxylic acids is 2. The summed E-state index contributed by atoms with van der Waals surface area (Å²) >= 11 is 1.45. The van der Waals surface area contributed by atoms with E-state index in [-0.39, 0.29) is 24.1 Å². The van der Waals surface area contributed by atoms with E-state index in [4.69, 9.17) is 9.47 Å². The fourth-order valence-corrected chi connectivity index (χ4v) is 5.86. The Morgan fingerprint density at radius 2 is 1.64 bits per heavy atom. The monoisotopic (exact) mass is 501 g/mol. The van der Waals surface area contributed by atoms with Gasteiger partial charge in [0.1, 0.15) is 17.5 Å². The fraction of sp³-hybridized carbons (Fsp3) is 0.214. The summed E-state index contributed by atoms with van der Waals surface area (Å²) in [6, 6.07) is 21.9. The first-order valence-electron chi connectivity index (χ1n) is 11.6. The average molecular weight is 502 g/mol. The second-order valence-corrected chi connectivity index (χ2v) is 9.42. The van der Waals surface area contributed by atoms with Gasteiger partial charge < -0.3 is 19.4 Å². The minimum atomic E-state index is -0.889. The second kappa shape index (κ2) is 9.99. The molecular weight excluding hydrogens is 474 g/mol. The predicted molar refractivity (Wildman–Crippen MR) is 142 cm³/mol. The quantitative estimate of drug-likeness (QED) is 0.415. The first kappa shape index (κ1) is 23.8. The molecule has 0 bridgehead atoms. The number of methoxy groups -OCH3 is 2. The maximum atomic E-state index is 14.1. The molecule has 0 radical (unpaired) electrons. The molecule has 0 saturated heterocycles. The molecule has 0 spiro atoms. The summed E-state index contributed by atoms with van der Waals surface area (Å²) in [5, 5.41) is 4.91. The third-order valence-corrected chi connectivity index (χ3v) is 7.62. The minimum Gasteiger partial charge on any atom is -0.496 e. The molecule has 8 heteroatoms. The van der Waals surface area contributed by atoms with Crippen molar-refractivity contribution >= 4 is 40.2 Å². The van der Waals surface area contributed by atoms with Gasteiger partial charge in [0.25, 0.3) is 0 Å². The lowest BCUT2D eigenvalue weighted by atomic mass is 10.0. The van der Waals surface area contributed by atoms with Crippen molar-refractivity contribution in [3.05, 3.63) is 83.9 Å². The highest BCUT2D eigenvalue weighted by atomic mass is 32.2. The first-order chi connectivity index (χ1) is 17.5. The molecule has 1 aromatic heterocycles. The number of amides is 2. The van der Waals surface area contributed by atoms with Crippen LogP contribution in [0.25, 0.3) is 10.9 Å². The van der Waals surface area contributed by atoms with Crippen LogP contribution in [0.5, 0.6) is 11.5 Å². The number of hydrogen-bond acceptors (Lipinski definition) is 5. The Kier molecular flexibility index (Phi) is 6.61. The normalized spacial score (nSPS) is 15.4. The number of hydrogen-bond donors (Lipinski definition) is 1. The van der Waals surface area contributed by atoms with Gasteiger partial charge in [0.2, 0.25) is 11.8 Å². The lowest BCUT2D eigenvalue weighted by Crippen LogP contribution is -2.44. The van der Waals surface area contributed by atoms with Crippen LogP contribution in [0.2, 0.25) is 0 Å². The Labute approximate surface area is 214 Å². The van der Waals surface area contributed by atoms with E-state index >= 15 is 0 Å². The van der Waals surface area contributed by atoms with Crippen molar-refractivity contribution in [1.29, 1.82) is 0 Å². The SMILES string of the molecule is COc1ccccc1CNC(=O)[C@H]1c2c(n(C)c3ccccc23)SCC(=O)N1c1ccccc1OC. The molecule has 1 aliphatic rings. The number of aromatic nitrogens is 1. The number of carbonyl (C=O) groups is 2. The highest BCUT2D eigenvalue weighted by Crippen LogP contribution is 2.45. The number of nitrogens with zero attached hydrogens (tertiary/aromatic N) is 2. The number of para-hydroxylation sites is 4. The maximum Gasteiger partial charge on any atom is 0.248 e. The van der Waals surface area contributed by atoms with Crippen LogP contribution in [-0.2, 0) is 23.2 Å². The number of fused-ring (bicyclic) bond motifs is 3. The molecule has 3 aromatic carbocycles. The van der Waals surface area contributed by atoms with Crippen molar-refractivity contribution in [2.45, 2.75) is 17.6 Å². The number of thioether (sulfide) groups is 1. The average Bonchev–Trinajstić information content (AvgIpc) is 3.09. The molecule has 2 amide bonds. The first-order valence-corrected chi connectivity index (χ1v) is 12.6. The van der Waals surface area contributed by atoms with E-state index in [1.807, 2.05) is 73.8 Å². The van der Waals surface area contributed by atoms with Crippen molar-refractivity contribution in [2.75, 3.05) is 24.9 Å². The zero-order valence-electron chi connectivity index (χ0n) is 20.4. The molecule has 0 fully saturated rings. The summed E-state index contributed by atoms with van der Waals surface area (Å²) in [7, 11) is 5.14. The van der Waals surface area contributed by atoms with E-state index in [2.05, 4.69) is 9.88 Å². The third-order valence-electron chi connectivity index (χ3n) is 6.46. The molecule has 184 valence electrons. The molecule has 4 aromatic rings. The van der Waals surface area contributed by atoms with Crippen LogP contribution in [0.15, 0.2) is 77.8 Å². The van der Waals surface area contributed by atoms with Crippen molar-refractivity contribution in [3.8, 4) is 11.5 Å². The molecule has 5 rings (SSSR count). The standard InChI is InChI=1S/C28H27N3O4S/c1-30-20-12-6-5-11-19(20)25-26(27(33)29-16-18-10-4-8-14-22(18)34-2)31(24(32)17-36-28(25)30)21-13-7-9-15-23(21)35-3/h4-15,26H,16-17H2,1-3H3,(H,29,33)/t26-/m1/s1. The van der Waals surface area contributed by atoms with Crippen LogP contribution in [0.3, 0.4) is 0 Å².